The van der Waals surface area contributed by atoms with Crippen molar-refractivity contribution in [1.29, 1.82) is 0 Å². The summed E-state index contributed by atoms with van der Waals surface area (Å²) >= 11 is 0. The predicted molar refractivity (Wildman–Crippen MR) is 104 cm³/mol. The molecule has 27 heavy (non-hydrogen) atoms. The maximum atomic E-state index is 12.7. The highest BCUT2D eigenvalue weighted by Gasteiger charge is 2.43. The molecule has 0 radical (unpaired) electrons. The number of aromatic amines is 1. The van der Waals surface area contributed by atoms with E-state index in [0.717, 1.165) is 31.2 Å². The van der Waals surface area contributed by atoms with E-state index in [9.17, 15) is 14.4 Å². The predicted octanol–water partition coefficient (Wildman–Crippen LogP) is 2.71. The van der Waals surface area contributed by atoms with Crippen LogP contribution < -0.4 is 10.9 Å². The molecule has 6 nitrogen and oxygen atoms in total. The Morgan fingerprint density at radius 1 is 1.22 bits per heavy atom. The molecule has 1 heterocycles. The van der Waals surface area contributed by atoms with Crippen LogP contribution in [0.5, 0.6) is 0 Å². The number of H-pyrrole nitrogens is 1. The Kier molecular flexibility index (Phi) is 5.44. The number of carbonyl (C=O) groups excluding carboxylic acids is 2. The second kappa shape index (κ2) is 7.78. The van der Waals surface area contributed by atoms with Gasteiger partial charge in [-0.05, 0) is 30.9 Å². The maximum Gasteiger partial charge on any atom is 0.260 e. The lowest BCUT2D eigenvalue weighted by Gasteiger charge is -2.18. The van der Waals surface area contributed by atoms with Gasteiger partial charge in [-0.1, -0.05) is 43.7 Å². The molecule has 3 rings (SSSR count). The highest BCUT2D eigenvalue weighted by Crippen LogP contribution is 2.39. The Bertz CT molecular complexity index is 885. The molecule has 0 spiro atoms. The second-order valence-corrected chi connectivity index (χ2v) is 7.26. The van der Waals surface area contributed by atoms with Gasteiger partial charge in [0.25, 0.3) is 17.4 Å². The summed E-state index contributed by atoms with van der Waals surface area (Å²) in [7, 11) is 1.64. The molecule has 1 fully saturated rings. The van der Waals surface area contributed by atoms with Gasteiger partial charge in [0.05, 0.1) is 5.56 Å². The van der Waals surface area contributed by atoms with Crippen molar-refractivity contribution in [1.82, 2.24) is 15.2 Å². The minimum Gasteiger partial charge on any atom is -0.347 e. The van der Waals surface area contributed by atoms with E-state index in [1.54, 1.807) is 7.05 Å². The number of nitrogens with one attached hydrogen (secondary N) is 2. The van der Waals surface area contributed by atoms with Gasteiger partial charge in [-0.15, -0.1) is 0 Å². The zero-order valence-electron chi connectivity index (χ0n) is 15.7. The number of hydrogen-bond donors (Lipinski definition) is 2. The second-order valence-electron chi connectivity index (χ2n) is 7.26. The summed E-state index contributed by atoms with van der Waals surface area (Å²) in [5.41, 5.74) is 0.630. The van der Waals surface area contributed by atoms with Gasteiger partial charge in [0.2, 0.25) is 0 Å². The minimum atomic E-state index is -0.494. The van der Waals surface area contributed by atoms with Crippen molar-refractivity contribution in [3.05, 3.63) is 69.6 Å². The van der Waals surface area contributed by atoms with Crippen LogP contribution in [0.15, 0.2) is 47.4 Å². The number of hydrogen-bond acceptors (Lipinski definition) is 3. The first kappa shape index (κ1) is 18.9. The zero-order valence-corrected chi connectivity index (χ0v) is 15.7. The van der Waals surface area contributed by atoms with Gasteiger partial charge in [-0.2, -0.15) is 0 Å². The van der Waals surface area contributed by atoms with E-state index in [1.807, 2.05) is 30.3 Å². The van der Waals surface area contributed by atoms with Crippen molar-refractivity contribution in [2.45, 2.75) is 44.7 Å². The largest absolute Gasteiger partial charge is 0.347 e. The standard InChI is InChI=1S/C21H25N3O3/c1-3-9-21(10-11-21)23-18(25)16-12-17(19(26)22-13-16)20(27)24(2)14-15-7-5-4-6-8-15/h4-8,12-13H,3,9-11,14H2,1-2H3,(H,22,26)(H,23,25). The molecule has 0 aliphatic heterocycles. The van der Waals surface area contributed by atoms with Gasteiger partial charge >= 0.3 is 0 Å². The van der Waals surface area contributed by atoms with Crippen LogP contribution in [0.25, 0.3) is 0 Å². The summed E-state index contributed by atoms with van der Waals surface area (Å²) in [6.07, 6.45) is 5.25. The molecule has 0 bridgehead atoms. The summed E-state index contributed by atoms with van der Waals surface area (Å²) in [4.78, 5) is 41.4. The topological polar surface area (TPSA) is 82.3 Å². The average molecular weight is 367 g/mol. The van der Waals surface area contributed by atoms with Crippen molar-refractivity contribution < 1.29 is 9.59 Å². The molecule has 0 unspecified atom stereocenters. The third kappa shape index (κ3) is 4.45. The Morgan fingerprint density at radius 3 is 2.56 bits per heavy atom. The molecule has 2 aromatic rings. The fourth-order valence-electron chi connectivity index (χ4n) is 3.29. The summed E-state index contributed by atoms with van der Waals surface area (Å²) in [5, 5.41) is 3.05. The van der Waals surface area contributed by atoms with Crippen LogP contribution in [0.2, 0.25) is 0 Å². The van der Waals surface area contributed by atoms with E-state index in [-0.39, 0.29) is 17.0 Å². The first-order valence-electron chi connectivity index (χ1n) is 9.29. The van der Waals surface area contributed by atoms with Gasteiger partial charge in [-0.3, -0.25) is 14.4 Å². The van der Waals surface area contributed by atoms with E-state index < -0.39 is 11.5 Å². The third-order valence-electron chi connectivity index (χ3n) is 4.97. The van der Waals surface area contributed by atoms with Crippen molar-refractivity contribution in [2.24, 2.45) is 0 Å². The van der Waals surface area contributed by atoms with E-state index in [1.165, 1.54) is 17.2 Å². The molecule has 1 aromatic heterocycles. The van der Waals surface area contributed by atoms with Crippen molar-refractivity contribution in [3.63, 3.8) is 0 Å². The lowest BCUT2D eigenvalue weighted by molar-refractivity contribution is 0.0783. The monoisotopic (exact) mass is 367 g/mol. The molecule has 142 valence electrons. The van der Waals surface area contributed by atoms with Gasteiger partial charge in [-0.25, -0.2) is 0 Å². The van der Waals surface area contributed by atoms with Gasteiger partial charge < -0.3 is 15.2 Å². The summed E-state index contributed by atoms with van der Waals surface area (Å²) in [6, 6.07) is 10.9. The number of pyridine rings is 1. The van der Waals surface area contributed by atoms with Crippen molar-refractivity contribution >= 4 is 11.8 Å². The zero-order chi connectivity index (χ0) is 19.4. The molecule has 2 amide bonds. The molecule has 2 N–H and O–H groups in total. The Hall–Kier alpha value is -2.89. The Labute approximate surface area is 158 Å². The highest BCUT2D eigenvalue weighted by molar-refractivity contribution is 5.99. The summed E-state index contributed by atoms with van der Waals surface area (Å²) < 4.78 is 0. The molecule has 1 aliphatic carbocycles. The van der Waals surface area contributed by atoms with Crippen LogP contribution >= 0.6 is 0 Å². The average Bonchev–Trinajstić information content (AvgIpc) is 3.41. The molecule has 1 aliphatic rings. The molecular formula is C21H25N3O3. The van der Waals surface area contributed by atoms with Crippen molar-refractivity contribution in [3.8, 4) is 0 Å². The van der Waals surface area contributed by atoms with Gasteiger partial charge in [0.15, 0.2) is 0 Å². The number of nitrogens with zero attached hydrogens (tertiary/aromatic N) is 1. The normalized spacial score (nSPS) is 14.4. The Balaban J connectivity index is 1.75. The maximum absolute atomic E-state index is 12.7. The summed E-state index contributed by atoms with van der Waals surface area (Å²) in [5.74, 6) is -0.665. The van der Waals surface area contributed by atoms with Crippen molar-refractivity contribution in [2.75, 3.05) is 7.05 Å². The summed E-state index contributed by atoms with van der Waals surface area (Å²) in [6.45, 7) is 2.47. The molecule has 0 atom stereocenters. The lowest BCUT2D eigenvalue weighted by Crippen LogP contribution is -2.37. The van der Waals surface area contributed by atoms with Crippen LogP contribution in [0.3, 0.4) is 0 Å². The van der Waals surface area contributed by atoms with Crippen LogP contribution in [0.4, 0.5) is 0 Å². The highest BCUT2D eigenvalue weighted by atomic mass is 16.2. The molecule has 1 saturated carbocycles. The molecule has 1 aromatic carbocycles. The smallest absolute Gasteiger partial charge is 0.260 e. The van der Waals surface area contributed by atoms with E-state index in [4.69, 9.17) is 0 Å². The van der Waals surface area contributed by atoms with E-state index >= 15 is 0 Å². The third-order valence-corrected chi connectivity index (χ3v) is 4.97. The molecule has 0 saturated heterocycles. The fourth-order valence-corrected chi connectivity index (χ4v) is 3.29. The van der Waals surface area contributed by atoms with Crippen LogP contribution in [-0.4, -0.2) is 34.3 Å². The number of amides is 2. The lowest BCUT2D eigenvalue weighted by atomic mass is 10.1. The minimum absolute atomic E-state index is 0.0265. The van der Waals surface area contributed by atoms with Crippen LogP contribution in [0, 0.1) is 0 Å². The number of carbonyl (C=O) groups is 2. The van der Waals surface area contributed by atoms with Gasteiger partial charge in [0, 0.05) is 25.3 Å². The molecule has 6 heteroatoms. The van der Waals surface area contributed by atoms with Gasteiger partial charge in [0.1, 0.15) is 5.56 Å². The van der Waals surface area contributed by atoms with Crippen LogP contribution in [0.1, 0.15) is 58.9 Å². The SMILES string of the molecule is CCCC1(NC(=O)c2c[nH]c(=O)c(C(=O)N(C)Cc3ccccc3)c2)CC1. The quantitative estimate of drug-likeness (QED) is 0.789. The number of benzene rings is 1. The van der Waals surface area contributed by atoms with E-state index in [0.29, 0.717) is 12.1 Å². The van der Waals surface area contributed by atoms with Crippen LogP contribution in [-0.2, 0) is 6.54 Å². The fraction of sp³-hybridized carbons (Fsp3) is 0.381. The first-order valence-corrected chi connectivity index (χ1v) is 9.29. The molecular weight excluding hydrogens is 342 g/mol. The first-order chi connectivity index (χ1) is 12.9. The Morgan fingerprint density at radius 2 is 1.93 bits per heavy atom. The number of rotatable bonds is 7. The van der Waals surface area contributed by atoms with E-state index in [2.05, 4.69) is 17.2 Å². The number of aromatic nitrogens is 1.